The molecule has 1 fully saturated rings. The largest absolute Gasteiger partial charge is 0.229 e. The van der Waals surface area contributed by atoms with Crippen LogP contribution in [-0.2, 0) is 0 Å². The number of nitrogens with zero attached hydrogens (tertiary/aromatic N) is 3. The minimum atomic E-state index is 0.608. The number of thiazole rings is 2. The minimum Gasteiger partial charge on any atom is -0.229 e. The van der Waals surface area contributed by atoms with Gasteiger partial charge in [-0.3, -0.25) is 0 Å². The summed E-state index contributed by atoms with van der Waals surface area (Å²) in [4.78, 5) is 9.80. The molecule has 0 spiro atoms. The Labute approximate surface area is 176 Å². The highest BCUT2D eigenvalue weighted by Crippen LogP contribution is 2.40. The fourth-order valence-electron chi connectivity index (χ4n) is 3.79. The van der Waals surface area contributed by atoms with E-state index >= 15 is 0 Å². The molecule has 2 aromatic heterocycles. The second-order valence-electron chi connectivity index (χ2n) is 7.19. The van der Waals surface area contributed by atoms with E-state index in [1.807, 2.05) is 46.6 Å². The van der Waals surface area contributed by atoms with E-state index in [1.54, 1.807) is 0 Å². The first kappa shape index (κ1) is 18.4. The zero-order chi connectivity index (χ0) is 18.1. The van der Waals surface area contributed by atoms with Crippen LogP contribution in [0.2, 0.25) is 0 Å². The molecule has 5 rings (SSSR count). The minimum absolute atomic E-state index is 0.608. The predicted molar refractivity (Wildman–Crippen MR) is 119 cm³/mol. The van der Waals surface area contributed by atoms with Crippen molar-refractivity contribution in [1.82, 2.24) is 13.7 Å². The van der Waals surface area contributed by atoms with Gasteiger partial charge in [-0.1, -0.05) is 43.6 Å². The summed E-state index contributed by atoms with van der Waals surface area (Å²) in [5.74, 6) is 0. The molecule has 0 radical (unpaired) electrons. The lowest BCUT2D eigenvalue weighted by Crippen LogP contribution is -2.26. The maximum atomic E-state index is 4.90. The smallest absolute Gasteiger partial charge is 0.167 e. The molecule has 0 atom stereocenters. The molecule has 1 saturated carbocycles. The maximum Gasteiger partial charge on any atom is 0.167 e. The van der Waals surface area contributed by atoms with Crippen molar-refractivity contribution in [2.45, 2.75) is 72.5 Å². The van der Waals surface area contributed by atoms with Crippen LogP contribution < -0.4 is 19.8 Å². The van der Waals surface area contributed by atoms with Gasteiger partial charge in [0, 0.05) is 29.9 Å². The Bertz CT molecular complexity index is 903. The SMILES string of the molecule is C1=c2nc(SN(Sc3nc4c(s3)=CCCC=4)C3CCCCC3)sc2=CCC1. The van der Waals surface area contributed by atoms with Crippen LogP contribution in [0, 0.1) is 0 Å². The van der Waals surface area contributed by atoms with Gasteiger partial charge in [-0.05, 0) is 38.5 Å². The molecule has 3 aliphatic carbocycles. The Morgan fingerprint density at radius 1 is 0.741 bits per heavy atom. The standard InChI is InChI=1S/C20H23N3S4/c1-2-8-14(9-3-1)23(26-19-21-15-10-4-6-12-17(15)24-19)27-20-22-16-11-5-7-13-18(16)25-20/h10-14H,1-9H2. The Kier molecular flexibility index (Phi) is 5.74. The molecular weight excluding hydrogens is 411 g/mol. The quantitative estimate of drug-likeness (QED) is 0.671. The lowest BCUT2D eigenvalue weighted by atomic mass is 9.96. The second kappa shape index (κ2) is 8.41. The van der Waals surface area contributed by atoms with Crippen LogP contribution in [0.1, 0.15) is 57.8 Å². The van der Waals surface area contributed by atoms with Crippen molar-refractivity contribution in [3.8, 4) is 0 Å². The van der Waals surface area contributed by atoms with Gasteiger partial charge in [0.05, 0.1) is 19.8 Å². The van der Waals surface area contributed by atoms with E-state index in [2.05, 4.69) is 28.0 Å². The van der Waals surface area contributed by atoms with Gasteiger partial charge in [-0.25, -0.2) is 9.97 Å². The highest BCUT2D eigenvalue weighted by molar-refractivity contribution is 8.13. The summed E-state index contributed by atoms with van der Waals surface area (Å²) in [5, 5.41) is 2.38. The van der Waals surface area contributed by atoms with E-state index < -0.39 is 0 Å². The van der Waals surface area contributed by atoms with Crippen LogP contribution >= 0.6 is 46.6 Å². The highest BCUT2D eigenvalue weighted by atomic mass is 32.2. The lowest BCUT2D eigenvalue weighted by molar-refractivity contribution is 0.362. The Balaban J connectivity index is 1.42. The van der Waals surface area contributed by atoms with Gasteiger partial charge < -0.3 is 0 Å². The molecule has 2 aromatic rings. The number of fused-ring (bicyclic) bond motifs is 2. The Morgan fingerprint density at radius 2 is 1.26 bits per heavy atom. The molecule has 0 N–H and O–H groups in total. The van der Waals surface area contributed by atoms with Crippen molar-refractivity contribution >= 4 is 70.9 Å². The summed E-state index contributed by atoms with van der Waals surface area (Å²) in [6.07, 6.45) is 20.4. The van der Waals surface area contributed by atoms with Gasteiger partial charge in [-0.2, -0.15) is 3.71 Å². The lowest BCUT2D eigenvalue weighted by Gasteiger charge is -2.30. The fourth-order valence-corrected chi connectivity index (χ4v) is 8.80. The summed E-state index contributed by atoms with van der Waals surface area (Å²) in [5.41, 5.74) is 0. The number of rotatable bonds is 5. The summed E-state index contributed by atoms with van der Waals surface area (Å²) in [7, 11) is 0. The normalized spacial score (nSPS) is 19.4. The van der Waals surface area contributed by atoms with Crippen molar-refractivity contribution in [3.05, 3.63) is 19.8 Å². The second-order valence-corrected chi connectivity index (χ2v) is 11.9. The summed E-state index contributed by atoms with van der Waals surface area (Å²) >= 11 is 7.37. The Hall–Kier alpha value is -0.600. The number of aromatic nitrogens is 2. The first-order valence-electron chi connectivity index (χ1n) is 9.85. The van der Waals surface area contributed by atoms with E-state index in [0.717, 1.165) is 25.7 Å². The monoisotopic (exact) mass is 433 g/mol. The molecule has 3 aliphatic rings. The van der Waals surface area contributed by atoms with Gasteiger partial charge in [0.15, 0.2) is 8.68 Å². The van der Waals surface area contributed by atoms with Crippen LogP contribution in [-0.4, -0.2) is 19.7 Å². The number of hydrogen-bond acceptors (Lipinski definition) is 7. The average Bonchev–Trinajstić information content (AvgIpc) is 3.30. The zero-order valence-electron chi connectivity index (χ0n) is 15.2. The van der Waals surface area contributed by atoms with Crippen molar-refractivity contribution in [2.24, 2.45) is 0 Å². The molecule has 0 aliphatic heterocycles. The third kappa shape index (κ3) is 4.22. The molecule has 27 heavy (non-hydrogen) atoms. The van der Waals surface area contributed by atoms with Gasteiger partial charge in [0.2, 0.25) is 0 Å². The van der Waals surface area contributed by atoms with Gasteiger partial charge in [0.25, 0.3) is 0 Å². The summed E-state index contributed by atoms with van der Waals surface area (Å²) < 4.78 is 7.56. The third-order valence-electron chi connectivity index (χ3n) is 5.20. The van der Waals surface area contributed by atoms with E-state index in [1.165, 1.54) is 60.5 Å². The summed E-state index contributed by atoms with van der Waals surface area (Å²) in [6.45, 7) is 0. The molecule has 7 heteroatoms. The first-order valence-corrected chi connectivity index (χ1v) is 13.0. The fraction of sp³-hybridized carbons (Fsp3) is 0.500. The molecule has 0 amide bonds. The van der Waals surface area contributed by atoms with E-state index in [0.29, 0.717) is 6.04 Å². The van der Waals surface area contributed by atoms with E-state index in [4.69, 9.17) is 9.97 Å². The maximum absolute atomic E-state index is 4.90. The zero-order valence-corrected chi connectivity index (χ0v) is 18.5. The molecule has 0 bridgehead atoms. The highest BCUT2D eigenvalue weighted by Gasteiger charge is 2.25. The van der Waals surface area contributed by atoms with Gasteiger partial charge in [0.1, 0.15) is 0 Å². The molecular formula is C20H23N3S4. The van der Waals surface area contributed by atoms with Crippen molar-refractivity contribution in [3.63, 3.8) is 0 Å². The van der Waals surface area contributed by atoms with Crippen molar-refractivity contribution in [2.75, 3.05) is 0 Å². The van der Waals surface area contributed by atoms with Crippen LogP contribution in [0.15, 0.2) is 8.68 Å². The van der Waals surface area contributed by atoms with Crippen molar-refractivity contribution in [1.29, 1.82) is 0 Å². The van der Waals surface area contributed by atoms with Crippen LogP contribution in [0.4, 0.5) is 0 Å². The average molecular weight is 434 g/mol. The molecule has 0 saturated heterocycles. The predicted octanol–water partition coefficient (Wildman–Crippen LogP) is 3.66. The summed E-state index contributed by atoms with van der Waals surface area (Å²) in [6, 6.07) is 0.608. The topological polar surface area (TPSA) is 29.0 Å². The Morgan fingerprint density at radius 3 is 1.78 bits per heavy atom. The third-order valence-corrected chi connectivity index (χ3v) is 9.77. The van der Waals surface area contributed by atoms with Gasteiger partial charge in [-0.15, -0.1) is 22.7 Å². The van der Waals surface area contributed by atoms with Gasteiger partial charge >= 0.3 is 0 Å². The van der Waals surface area contributed by atoms with Crippen LogP contribution in [0.25, 0.3) is 24.3 Å². The first-order chi connectivity index (χ1) is 13.3. The molecule has 0 aromatic carbocycles. The van der Waals surface area contributed by atoms with Crippen LogP contribution in [0.3, 0.4) is 0 Å². The molecule has 0 unspecified atom stereocenters. The van der Waals surface area contributed by atoms with E-state index in [9.17, 15) is 0 Å². The van der Waals surface area contributed by atoms with E-state index in [-0.39, 0.29) is 0 Å². The van der Waals surface area contributed by atoms with Crippen molar-refractivity contribution < 1.29 is 0 Å². The number of hydrogen-bond donors (Lipinski definition) is 0. The molecule has 3 nitrogen and oxygen atoms in total. The van der Waals surface area contributed by atoms with Crippen LogP contribution in [0.5, 0.6) is 0 Å². The molecule has 142 valence electrons. The molecule has 2 heterocycles.